The van der Waals surface area contributed by atoms with E-state index in [0.29, 0.717) is 19.6 Å². The molecule has 3 aromatic heterocycles. The van der Waals surface area contributed by atoms with Gasteiger partial charge in [0.1, 0.15) is 11.5 Å². The number of pyridine rings is 1. The highest BCUT2D eigenvalue weighted by atomic mass is 16.5. The number of benzene rings is 1. The fraction of sp³-hybridized carbons (Fsp3) is 0.438. The summed E-state index contributed by atoms with van der Waals surface area (Å²) in [5, 5.41) is 4.82. The predicted molar refractivity (Wildman–Crippen MR) is 162 cm³/mol. The Morgan fingerprint density at radius 3 is 2.56 bits per heavy atom. The van der Waals surface area contributed by atoms with Crippen LogP contribution in [0.2, 0.25) is 0 Å². The third kappa shape index (κ3) is 6.64. The van der Waals surface area contributed by atoms with Crippen molar-refractivity contribution in [3.63, 3.8) is 0 Å². The maximum atomic E-state index is 5.27. The molecule has 5 heterocycles. The fourth-order valence-electron chi connectivity index (χ4n) is 5.96. The lowest BCUT2D eigenvalue weighted by atomic mass is 10.1. The van der Waals surface area contributed by atoms with Crippen LogP contribution in [0.5, 0.6) is 0 Å². The van der Waals surface area contributed by atoms with Gasteiger partial charge in [0.2, 0.25) is 0 Å². The summed E-state index contributed by atoms with van der Waals surface area (Å²) in [6.07, 6.45) is 10.8. The summed E-state index contributed by atoms with van der Waals surface area (Å²) in [6.45, 7) is 8.15. The zero-order valence-electron chi connectivity index (χ0n) is 24.2. The van der Waals surface area contributed by atoms with Crippen molar-refractivity contribution in [3.05, 3.63) is 78.6 Å². The first-order valence-corrected chi connectivity index (χ1v) is 14.7. The van der Waals surface area contributed by atoms with Gasteiger partial charge in [0.05, 0.1) is 18.8 Å². The number of hydrogen-bond donors (Lipinski definition) is 0. The van der Waals surface area contributed by atoms with Crippen LogP contribution in [0.15, 0.2) is 67.3 Å². The topological polar surface area (TPSA) is 75.4 Å². The molecule has 1 atom stereocenters. The van der Waals surface area contributed by atoms with Crippen LogP contribution in [0.25, 0.3) is 22.5 Å². The van der Waals surface area contributed by atoms with E-state index in [0.717, 1.165) is 60.6 Å². The van der Waals surface area contributed by atoms with Crippen LogP contribution in [0.4, 0.5) is 5.69 Å². The maximum Gasteiger partial charge on any atom is 0.133 e. The lowest BCUT2D eigenvalue weighted by molar-refractivity contribution is 0.183. The van der Waals surface area contributed by atoms with Crippen molar-refractivity contribution in [1.29, 1.82) is 0 Å². The van der Waals surface area contributed by atoms with Crippen molar-refractivity contribution in [2.75, 3.05) is 64.9 Å². The first-order valence-electron chi connectivity index (χ1n) is 14.7. The average molecular weight is 553 g/mol. The quantitative estimate of drug-likeness (QED) is 0.294. The first-order chi connectivity index (χ1) is 20.2. The Balaban J connectivity index is 1.11. The standard InChI is InChI=1S/C32H40N8O/c1-37-14-4-6-28(37)23-38-15-17-39(18-16-38)27-9-7-25(8-10-27)21-31-34-13-11-30(35-31)29-24-40(19-20-41-2)36-32(29)26-5-3-12-33-22-26/h3,5,7-13,22,24,28H,4,6,14-21,23H2,1-2H3. The van der Waals surface area contributed by atoms with Crippen LogP contribution < -0.4 is 4.90 Å². The SMILES string of the molecule is COCCn1cc(-c2ccnc(Cc3ccc(N4CCN(CC5CCCN5C)CC4)cc3)n2)c(-c2cccnc2)n1. The summed E-state index contributed by atoms with van der Waals surface area (Å²) in [5.74, 6) is 0.794. The van der Waals surface area contributed by atoms with Crippen molar-refractivity contribution < 1.29 is 4.74 Å². The zero-order chi connectivity index (χ0) is 28.0. The molecule has 9 nitrogen and oxygen atoms in total. The van der Waals surface area contributed by atoms with Gasteiger partial charge in [-0.2, -0.15) is 5.10 Å². The van der Waals surface area contributed by atoms with Crippen molar-refractivity contribution in [1.82, 2.24) is 34.5 Å². The molecule has 2 aliphatic heterocycles. The summed E-state index contributed by atoms with van der Waals surface area (Å²) in [4.78, 5) is 21.5. The number of anilines is 1. The van der Waals surface area contributed by atoms with Gasteiger partial charge in [-0.3, -0.25) is 14.6 Å². The molecule has 1 unspecified atom stereocenters. The summed E-state index contributed by atoms with van der Waals surface area (Å²) in [6, 6.07) is 15.6. The smallest absolute Gasteiger partial charge is 0.133 e. The van der Waals surface area contributed by atoms with Gasteiger partial charge in [-0.1, -0.05) is 12.1 Å². The molecule has 0 N–H and O–H groups in total. The zero-order valence-corrected chi connectivity index (χ0v) is 24.2. The minimum Gasteiger partial charge on any atom is -0.383 e. The van der Waals surface area contributed by atoms with Crippen LogP contribution in [0.1, 0.15) is 24.2 Å². The summed E-state index contributed by atoms with van der Waals surface area (Å²) < 4.78 is 7.18. The fourth-order valence-corrected chi connectivity index (χ4v) is 5.96. The van der Waals surface area contributed by atoms with E-state index >= 15 is 0 Å². The lowest BCUT2D eigenvalue weighted by Gasteiger charge is -2.38. The first kappa shape index (κ1) is 27.5. The molecule has 0 bridgehead atoms. The van der Waals surface area contributed by atoms with Crippen molar-refractivity contribution in [3.8, 4) is 22.5 Å². The van der Waals surface area contributed by atoms with E-state index in [-0.39, 0.29) is 0 Å². The molecule has 0 aliphatic carbocycles. The second-order valence-corrected chi connectivity index (χ2v) is 11.2. The van der Waals surface area contributed by atoms with Crippen molar-refractivity contribution >= 4 is 5.69 Å². The molecule has 4 aromatic rings. The summed E-state index contributed by atoms with van der Waals surface area (Å²) in [7, 11) is 3.97. The molecular weight excluding hydrogens is 512 g/mol. The molecule has 214 valence electrons. The number of methoxy groups -OCH3 is 1. The molecule has 6 rings (SSSR count). The molecule has 2 aliphatic rings. The van der Waals surface area contributed by atoms with Crippen LogP contribution in [-0.2, 0) is 17.7 Å². The second kappa shape index (κ2) is 12.9. The van der Waals surface area contributed by atoms with Gasteiger partial charge in [-0.15, -0.1) is 0 Å². The molecule has 0 saturated carbocycles. The Bertz CT molecular complexity index is 1400. The van der Waals surface area contributed by atoms with E-state index in [1.807, 2.05) is 41.5 Å². The number of likely N-dealkylation sites (N-methyl/N-ethyl adjacent to an activating group) is 1. The summed E-state index contributed by atoms with van der Waals surface area (Å²) >= 11 is 0. The van der Waals surface area contributed by atoms with Gasteiger partial charge in [0.25, 0.3) is 0 Å². The minimum atomic E-state index is 0.590. The Hall–Kier alpha value is -3.66. The largest absolute Gasteiger partial charge is 0.383 e. The van der Waals surface area contributed by atoms with Gasteiger partial charge in [-0.25, -0.2) is 9.97 Å². The average Bonchev–Trinajstić information content (AvgIpc) is 3.63. The molecule has 9 heteroatoms. The minimum absolute atomic E-state index is 0.590. The van der Waals surface area contributed by atoms with Crippen LogP contribution in [0.3, 0.4) is 0 Å². The Morgan fingerprint density at radius 1 is 0.976 bits per heavy atom. The van der Waals surface area contributed by atoms with Crippen molar-refractivity contribution in [2.24, 2.45) is 0 Å². The number of ether oxygens (including phenoxy) is 1. The maximum absolute atomic E-state index is 5.27. The van der Waals surface area contributed by atoms with E-state index < -0.39 is 0 Å². The number of piperazine rings is 1. The van der Waals surface area contributed by atoms with E-state index in [9.17, 15) is 0 Å². The highest BCUT2D eigenvalue weighted by Crippen LogP contribution is 2.30. The third-order valence-electron chi connectivity index (χ3n) is 8.38. The van der Waals surface area contributed by atoms with E-state index in [2.05, 4.69) is 56.0 Å². The monoisotopic (exact) mass is 552 g/mol. The normalized spacial score (nSPS) is 18.3. The Kier molecular flexibility index (Phi) is 8.65. The second-order valence-electron chi connectivity index (χ2n) is 11.2. The van der Waals surface area contributed by atoms with Crippen LogP contribution in [-0.4, -0.2) is 101 Å². The highest BCUT2D eigenvalue weighted by molar-refractivity contribution is 5.78. The van der Waals surface area contributed by atoms with E-state index in [1.165, 1.54) is 37.2 Å². The molecule has 0 spiro atoms. The van der Waals surface area contributed by atoms with E-state index in [4.69, 9.17) is 14.8 Å². The number of nitrogens with zero attached hydrogens (tertiary/aromatic N) is 8. The van der Waals surface area contributed by atoms with Gasteiger partial charge in [0, 0.05) is 93.9 Å². The molecule has 0 amide bonds. The third-order valence-corrected chi connectivity index (χ3v) is 8.38. The van der Waals surface area contributed by atoms with Crippen LogP contribution in [0, 0.1) is 0 Å². The van der Waals surface area contributed by atoms with Gasteiger partial charge in [-0.05, 0) is 62.3 Å². The van der Waals surface area contributed by atoms with Gasteiger partial charge < -0.3 is 14.5 Å². The summed E-state index contributed by atoms with van der Waals surface area (Å²) in [5.41, 5.74) is 6.14. The molecule has 0 radical (unpaired) electrons. The highest BCUT2D eigenvalue weighted by Gasteiger charge is 2.25. The lowest BCUT2D eigenvalue weighted by Crippen LogP contribution is -2.50. The Labute approximate surface area is 242 Å². The number of likely N-dealkylation sites (tertiary alicyclic amines) is 1. The van der Waals surface area contributed by atoms with Crippen molar-refractivity contribution in [2.45, 2.75) is 31.8 Å². The number of hydrogen-bond acceptors (Lipinski definition) is 8. The van der Waals surface area contributed by atoms with E-state index in [1.54, 1.807) is 13.3 Å². The van der Waals surface area contributed by atoms with Gasteiger partial charge >= 0.3 is 0 Å². The molecular formula is C32H40N8O. The molecule has 1 aromatic carbocycles. The number of aromatic nitrogens is 5. The molecule has 41 heavy (non-hydrogen) atoms. The molecule has 2 fully saturated rings. The number of rotatable bonds is 10. The van der Waals surface area contributed by atoms with Gasteiger partial charge in [0.15, 0.2) is 0 Å². The Morgan fingerprint density at radius 2 is 1.83 bits per heavy atom. The molecule has 2 saturated heterocycles. The van der Waals surface area contributed by atoms with Crippen LogP contribution >= 0.6 is 0 Å². The predicted octanol–water partition coefficient (Wildman–Crippen LogP) is 3.86.